The molecule has 0 aliphatic carbocycles. The lowest BCUT2D eigenvalue weighted by Crippen LogP contribution is -2.31. The number of alkyl halides is 1. The van der Waals surface area contributed by atoms with Gasteiger partial charge in [0.1, 0.15) is 5.88 Å². The predicted molar refractivity (Wildman–Crippen MR) is 81.5 cm³/mol. The Hall–Kier alpha value is -1.28. The average molecular weight is 280 g/mol. The maximum absolute atomic E-state index is 11.7. The van der Waals surface area contributed by atoms with Gasteiger partial charge in [0.15, 0.2) is 0 Å². The van der Waals surface area contributed by atoms with Gasteiger partial charge in [-0.3, -0.25) is 4.79 Å². The number of hydrogen-bond acceptors (Lipinski definition) is 1. The van der Waals surface area contributed by atoms with Gasteiger partial charge < -0.3 is 4.90 Å². The van der Waals surface area contributed by atoms with Gasteiger partial charge in [-0.1, -0.05) is 51.1 Å². The fourth-order valence-electron chi connectivity index (χ4n) is 1.83. The third kappa shape index (κ3) is 4.71. The van der Waals surface area contributed by atoms with Crippen LogP contribution in [-0.2, 0) is 16.8 Å². The lowest BCUT2D eigenvalue weighted by molar-refractivity contribution is -0.128. The van der Waals surface area contributed by atoms with E-state index in [0.29, 0.717) is 13.1 Å². The van der Waals surface area contributed by atoms with Crippen LogP contribution in [0.15, 0.2) is 36.9 Å². The fraction of sp³-hybridized carbons (Fsp3) is 0.438. The van der Waals surface area contributed by atoms with Crippen LogP contribution in [0.1, 0.15) is 31.9 Å². The Bertz CT molecular complexity index is 431. The lowest BCUT2D eigenvalue weighted by Gasteiger charge is -2.22. The molecule has 0 fully saturated rings. The molecule has 0 saturated carbocycles. The minimum atomic E-state index is -0.0681. The normalized spacial score (nSPS) is 11.2. The van der Waals surface area contributed by atoms with Crippen LogP contribution in [0.4, 0.5) is 0 Å². The summed E-state index contributed by atoms with van der Waals surface area (Å²) in [6.07, 6.45) is 1.72. The van der Waals surface area contributed by atoms with Crippen molar-refractivity contribution in [3.05, 3.63) is 48.0 Å². The molecule has 0 saturated heterocycles. The van der Waals surface area contributed by atoms with Crippen molar-refractivity contribution in [1.82, 2.24) is 4.90 Å². The summed E-state index contributed by atoms with van der Waals surface area (Å²) >= 11 is 5.61. The molecule has 0 aliphatic heterocycles. The number of hydrogen-bond donors (Lipinski definition) is 0. The van der Waals surface area contributed by atoms with Gasteiger partial charge in [-0.05, 0) is 16.5 Å². The quantitative estimate of drug-likeness (QED) is 0.594. The first-order chi connectivity index (χ1) is 8.88. The standard InChI is InChI=1S/C16H22ClNO/c1-5-10-18(15(19)11-17)12-13-6-8-14(9-7-13)16(2,3)4/h5-9H,1,10-12H2,2-4H3. The molecule has 0 unspecified atom stereocenters. The van der Waals surface area contributed by atoms with Crippen LogP contribution < -0.4 is 0 Å². The second-order valence-electron chi connectivity index (χ2n) is 5.64. The number of nitrogens with zero attached hydrogens (tertiary/aromatic N) is 1. The topological polar surface area (TPSA) is 20.3 Å². The van der Waals surface area contributed by atoms with Gasteiger partial charge in [-0.2, -0.15) is 0 Å². The zero-order chi connectivity index (χ0) is 14.5. The van der Waals surface area contributed by atoms with E-state index in [1.54, 1.807) is 11.0 Å². The van der Waals surface area contributed by atoms with Crippen molar-refractivity contribution in [2.75, 3.05) is 12.4 Å². The molecule has 1 aromatic carbocycles. The maximum atomic E-state index is 11.7. The molecule has 0 atom stereocenters. The minimum Gasteiger partial charge on any atom is -0.334 e. The second-order valence-corrected chi connectivity index (χ2v) is 5.91. The summed E-state index contributed by atoms with van der Waals surface area (Å²) < 4.78 is 0. The highest BCUT2D eigenvalue weighted by Crippen LogP contribution is 2.22. The third-order valence-electron chi connectivity index (χ3n) is 3.01. The molecule has 2 nitrogen and oxygen atoms in total. The van der Waals surface area contributed by atoms with Crippen molar-refractivity contribution >= 4 is 17.5 Å². The largest absolute Gasteiger partial charge is 0.334 e. The van der Waals surface area contributed by atoms with Gasteiger partial charge in [0.25, 0.3) is 0 Å². The van der Waals surface area contributed by atoms with E-state index in [2.05, 4.69) is 51.6 Å². The summed E-state index contributed by atoms with van der Waals surface area (Å²) in [5, 5.41) is 0. The van der Waals surface area contributed by atoms with E-state index in [9.17, 15) is 4.79 Å². The highest BCUT2D eigenvalue weighted by atomic mass is 35.5. The van der Waals surface area contributed by atoms with Gasteiger partial charge >= 0.3 is 0 Å². The summed E-state index contributed by atoms with van der Waals surface area (Å²) in [4.78, 5) is 13.4. The van der Waals surface area contributed by atoms with Crippen LogP contribution in [0.5, 0.6) is 0 Å². The summed E-state index contributed by atoms with van der Waals surface area (Å²) in [7, 11) is 0. The highest BCUT2D eigenvalue weighted by molar-refractivity contribution is 6.27. The molecule has 0 spiro atoms. The Morgan fingerprint density at radius 2 is 1.89 bits per heavy atom. The predicted octanol–water partition coefficient (Wildman–Crippen LogP) is 3.74. The molecule has 104 valence electrons. The number of carbonyl (C=O) groups excluding carboxylic acids is 1. The van der Waals surface area contributed by atoms with E-state index < -0.39 is 0 Å². The number of rotatable bonds is 5. The van der Waals surface area contributed by atoms with Crippen molar-refractivity contribution in [2.24, 2.45) is 0 Å². The van der Waals surface area contributed by atoms with Crippen LogP contribution in [-0.4, -0.2) is 23.2 Å². The summed E-state index contributed by atoms with van der Waals surface area (Å²) in [6.45, 7) is 11.3. The third-order valence-corrected chi connectivity index (χ3v) is 3.24. The van der Waals surface area contributed by atoms with Gasteiger partial charge in [0.05, 0.1) is 0 Å². The van der Waals surface area contributed by atoms with Crippen LogP contribution >= 0.6 is 11.6 Å². The zero-order valence-electron chi connectivity index (χ0n) is 11.9. The molecule has 1 amide bonds. The molecule has 0 bridgehead atoms. The lowest BCUT2D eigenvalue weighted by atomic mass is 9.87. The number of carbonyl (C=O) groups is 1. The molecule has 1 aromatic rings. The highest BCUT2D eigenvalue weighted by Gasteiger charge is 2.14. The van der Waals surface area contributed by atoms with Gasteiger partial charge in [0.2, 0.25) is 5.91 Å². The van der Waals surface area contributed by atoms with E-state index in [1.165, 1.54) is 5.56 Å². The molecule has 1 rings (SSSR count). The Balaban J connectivity index is 2.80. The van der Waals surface area contributed by atoms with Gasteiger partial charge in [0, 0.05) is 13.1 Å². The van der Waals surface area contributed by atoms with Gasteiger partial charge in [-0.25, -0.2) is 0 Å². The molecule has 0 heterocycles. The molecule has 0 N–H and O–H groups in total. The van der Waals surface area contributed by atoms with E-state index in [1.807, 2.05) is 0 Å². The molecular weight excluding hydrogens is 258 g/mol. The Labute approximate surface area is 121 Å². The molecule has 0 aromatic heterocycles. The fourth-order valence-corrected chi connectivity index (χ4v) is 1.99. The number of amides is 1. The van der Waals surface area contributed by atoms with E-state index in [4.69, 9.17) is 11.6 Å². The average Bonchev–Trinajstić information content (AvgIpc) is 2.37. The van der Waals surface area contributed by atoms with Crippen molar-refractivity contribution < 1.29 is 4.79 Å². The van der Waals surface area contributed by atoms with Crippen molar-refractivity contribution in [1.29, 1.82) is 0 Å². The van der Waals surface area contributed by atoms with Crippen LogP contribution in [0.25, 0.3) is 0 Å². The molecule has 3 heteroatoms. The zero-order valence-corrected chi connectivity index (χ0v) is 12.7. The van der Waals surface area contributed by atoms with Gasteiger partial charge in [-0.15, -0.1) is 18.2 Å². The van der Waals surface area contributed by atoms with E-state index in [-0.39, 0.29) is 17.2 Å². The maximum Gasteiger partial charge on any atom is 0.238 e. The first kappa shape index (κ1) is 15.8. The molecular formula is C16H22ClNO. The number of benzene rings is 1. The summed E-state index contributed by atoms with van der Waals surface area (Å²) in [5.74, 6) is -0.0602. The van der Waals surface area contributed by atoms with E-state index in [0.717, 1.165) is 5.56 Å². The Kier molecular flexibility index (Phi) is 5.61. The van der Waals surface area contributed by atoms with Crippen molar-refractivity contribution in [2.45, 2.75) is 32.7 Å². The SMILES string of the molecule is C=CCN(Cc1ccc(C(C)(C)C)cc1)C(=O)CCl. The van der Waals surface area contributed by atoms with Crippen molar-refractivity contribution in [3.8, 4) is 0 Å². The Morgan fingerprint density at radius 3 is 2.32 bits per heavy atom. The monoisotopic (exact) mass is 279 g/mol. The second kappa shape index (κ2) is 6.76. The van der Waals surface area contributed by atoms with Crippen molar-refractivity contribution in [3.63, 3.8) is 0 Å². The van der Waals surface area contributed by atoms with Crippen LogP contribution in [0.3, 0.4) is 0 Å². The van der Waals surface area contributed by atoms with Crippen LogP contribution in [0.2, 0.25) is 0 Å². The minimum absolute atomic E-state index is 0.00785. The molecule has 0 radical (unpaired) electrons. The summed E-state index contributed by atoms with van der Waals surface area (Å²) in [5.41, 5.74) is 2.54. The van der Waals surface area contributed by atoms with E-state index >= 15 is 0 Å². The molecule has 0 aliphatic rings. The Morgan fingerprint density at radius 1 is 1.32 bits per heavy atom. The van der Waals surface area contributed by atoms with Crippen LogP contribution in [0, 0.1) is 0 Å². The molecule has 19 heavy (non-hydrogen) atoms. The first-order valence-electron chi connectivity index (χ1n) is 6.42. The number of halogens is 1. The smallest absolute Gasteiger partial charge is 0.238 e. The first-order valence-corrected chi connectivity index (χ1v) is 6.96. The summed E-state index contributed by atoms with van der Waals surface area (Å²) in [6, 6.07) is 8.37.